The second-order valence-corrected chi connectivity index (χ2v) is 8.93. The summed E-state index contributed by atoms with van der Waals surface area (Å²) in [5.74, 6) is 0.980. The summed E-state index contributed by atoms with van der Waals surface area (Å²) in [6.07, 6.45) is -0.435. The fourth-order valence-electron chi connectivity index (χ4n) is 4.81. The Morgan fingerprint density at radius 1 is 1.24 bits per heavy atom. The quantitative estimate of drug-likeness (QED) is 0.422. The molecule has 1 aromatic carbocycles. The van der Waals surface area contributed by atoms with Gasteiger partial charge in [-0.25, -0.2) is 9.97 Å². The van der Waals surface area contributed by atoms with E-state index in [2.05, 4.69) is 15.4 Å². The van der Waals surface area contributed by atoms with Gasteiger partial charge in [-0.2, -0.15) is 18.3 Å². The third-order valence-electron chi connectivity index (χ3n) is 6.54. The first-order valence-electron chi connectivity index (χ1n) is 11.8. The van der Waals surface area contributed by atoms with Gasteiger partial charge in [0.15, 0.2) is 0 Å². The Hall–Kier alpha value is -4.09. The first-order valence-corrected chi connectivity index (χ1v) is 11.8. The molecule has 4 heterocycles. The summed E-state index contributed by atoms with van der Waals surface area (Å²) in [7, 11) is 4.88. The molecular weight excluding hydrogens is 487 g/mol. The van der Waals surface area contributed by atoms with E-state index in [-0.39, 0.29) is 18.1 Å². The van der Waals surface area contributed by atoms with Crippen LogP contribution in [-0.2, 0) is 13.6 Å². The average Bonchev–Trinajstić information content (AvgIpc) is 3.62. The molecule has 1 saturated heterocycles. The maximum Gasteiger partial charge on any atom is 0.408 e. The number of ether oxygens (including phenoxy) is 1. The number of rotatable bonds is 6. The van der Waals surface area contributed by atoms with Crippen molar-refractivity contribution < 1.29 is 22.7 Å². The van der Waals surface area contributed by atoms with Gasteiger partial charge in [-0.05, 0) is 43.2 Å². The molecule has 0 saturated carbocycles. The zero-order valence-electron chi connectivity index (χ0n) is 20.6. The summed E-state index contributed by atoms with van der Waals surface area (Å²) in [4.78, 5) is 22.8. The number of imidazole rings is 1. The Bertz CT molecular complexity index is 1440. The molecule has 4 aromatic rings. The minimum absolute atomic E-state index is 0.0558. The van der Waals surface area contributed by atoms with Crippen LogP contribution >= 0.6 is 0 Å². The molecule has 1 atom stereocenters. The van der Waals surface area contributed by atoms with E-state index >= 15 is 0 Å². The third-order valence-corrected chi connectivity index (χ3v) is 6.54. The summed E-state index contributed by atoms with van der Waals surface area (Å²) in [6.45, 7) is 0.653. The molecule has 1 aliphatic heterocycles. The number of anilines is 1. The highest BCUT2D eigenvalue weighted by Crippen LogP contribution is 2.37. The molecule has 194 valence electrons. The van der Waals surface area contributed by atoms with Crippen LogP contribution in [0.2, 0.25) is 0 Å². The van der Waals surface area contributed by atoms with E-state index in [0.717, 1.165) is 5.69 Å². The van der Waals surface area contributed by atoms with Crippen molar-refractivity contribution in [3.8, 4) is 17.1 Å². The summed E-state index contributed by atoms with van der Waals surface area (Å²) in [5, 5.41) is 7.08. The van der Waals surface area contributed by atoms with Crippen molar-refractivity contribution in [2.45, 2.75) is 31.6 Å². The lowest BCUT2D eigenvalue weighted by Crippen LogP contribution is -2.41. The van der Waals surface area contributed by atoms with Gasteiger partial charge in [0.1, 0.15) is 29.0 Å². The molecule has 5 rings (SSSR count). The number of benzene rings is 1. The molecule has 9 nitrogen and oxygen atoms in total. The zero-order valence-corrected chi connectivity index (χ0v) is 20.6. The first kappa shape index (κ1) is 24.6. The summed E-state index contributed by atoms with van der Waals surface area (Å²) in [6, 6.07) is 6.98. The monoisotopic (exact) mass is 513 g/mol. The van der Waals surface area contributed by atoms with Crippen LogP contribution in [0, 0.1) is 0 Å². The topological polar surface area (TPSA) is 90.1 Å². The number of aryl methyl sites for hydroxylation is 1. The second-order valence-electron chi connectivity index (χ2n) is 8.93. The number of nitrogens with zero attached hydrogens (tertiary/aromatic N) is 6. The van der Waals surface area contributed by atoms with Crippen molar-refractivity contribution in [3.05, 3.63) is 54.0 Å². The lowest BCUT2D eigenvalue weighted by Gasteiger charge is -2.27. The van der Waals surface area contributed by atoms with E-state index < -0.39 is 12.2 Å². The van der Waals surface area contributed by atoms with Crippen LogP contribution in [0.1, 0.15) is 28.9 Å². The molecule has 3 aromatic heterocycles. The number of carbonyl (C=O) groups excluding carboxylic acids is 1. The molecule has 1 N–H and O–H groups in total. The van der Waals surface area contributed by atoms with Crippen molar-refractivity contribution in [3.63, 3.8) is 0 Å². The number of fused-ring (bicyclic) bond motifs is 1. The summed E-state index contributed by atoms with van der Waals surface area (Å²) < 4.78 is 49.7. The smallest absolute Gasteiger partial charge is 0.408 e. The van der Waals surface area contributed by atoms with Crippen LogP contribution in [0.25, 0.3) is 22.4 Å². The Balaban J connectivity index is 1.61. The number of alkyl halides is 3. The van der Waals surface area contributed by atoms with Gasteiger partial charge in [-0.15, -0.1) is 0 Å². The number of hydrogen-bond acceptors (Lipinski definition) is 6. The normalized spacial score (nSPS) is 15.9. The Morgan fingerprint density at radius 3 is 2.68 bits per heavy atom. The number of carbonyl (C=O) groups is 1. The number of pyridine rings is 1. The first-order chi connectivity index (χ1) is 17.7. The lowest BCUT2D eigenvalue weighted by atomic mass is 10.1. The summed E-state index contributed by atoms with van der Waals surface area (Å²) in [5.41, 5.74) is 2.97. The Kier molecular flexibility index (Phi) is 6.26. The molecule has 12 heteroatoms. The molecule has 0 unspecified atom stereocenters. The SMILES string of the molecule is CNC(=O)c1cc(OC)c2c(c1)nc(-c1ccc(N3CCC[C@@H]3C(F)(F)F)nc1)n2Cc1ccn(C)n1. The van der Waals surface area contributed by atoms with Crippen LogP contribution in [0.3, 0.4) is 0 Å². The molecule has 0 bridgehead atoms. The van der Waals surface area contributed by atoms with E-state index in [9.17, 15) is 18.0 Å². The largest absolute Gasteiger partial charge is 0.494 e. The molecule has 37 heavy (non-hydrogen) atoms. The fraction of sp³-hybridized carbons (Fsp3) is 0.360. The molecule has 1 amide bonds. The van der Waals surface area contributed by atoms with Gasteiger partial charge in [0, 0.05) is 44.2 Å². The standard InChI is InChI=1S/C25H26F3N7O2/c1-29-24(36)16-11-18-22(19(12-16)37-3)35(14-17-8-10-33(2)32-17)23(31-18)15-6-7-21(30-13-15)34-9-4-5-20(34)25(26,27)28/h6-8,10-13,20H,4-5,9,14H2,1-3H3,(H,29,36)/t20-/m1/s1. The van der Waals surface area contributed by atoms with Gasteiger partial charge in [-0.3, -0.25) is 9.48 Å². The molecule has 1 aliphatic rings. The number of methoxy groups -OCH3 is 1. The van der Waals surface area contributed by atoms with Crippen molar-refractivity contribution in [2.24, 2.45) is 7.05 Å². The van der Waals surface area contributed by atoms with E-state index in [0.29, 0.717) is 53.2 Å². The lowest BCUT2D eigenvalue weighted by molar-refractivity contribution is -0.146. The Labute approximate surface area is 210 Å². The fourth-order valence-corrected chi connectivity index (χ4v) is 4.81. The van der Waals surface area contributed by atoms with Gasteiger partial charge in [0.05, 0.1) is 24.9 Å². The molecule has 0 aliphatic carbocycles. The van der Waals surface area contributed by atoms with Gasteiger partial charge in [0.2, 0.25) is 0 Å². The number of nitrogens with one attached hydrogen (secondary N) is 1. The molecule has 1 fully saturated rings. The highest BCUT2D eigenvalue weighted by atomic mass is 19.4. The van der Waals surface area contributed by atoms with E-state index in [4.69, 9.17) is 9.72 Å². The van der Waals surface area contributed by atoms with Crippen molar-refractivity contribution in [1.29, 1.82) is 0 Å². The van der Waals surface area contributed by atoms with Crippen LogP contribution in [0.5, 0.6) is 5.75 Å². The van der Waals surface area contributed by atoms with Crippen molar-refractivity contribution in [2.75, 3.05) is 25.6 Å². The predicted molar refractivity (Wildman–Crippen MR) is 132 cm³/mol. The minimum Gasteiger partial charge on any atom is -0.494 e. The number of hydrogen-bond donors (Lipinski definition) is 1. The number of amides is 1. The van der Waals surface area contributed by atoms with E-state index in [1.807, 2.05) is 23.9 Å². The molecular formula is C25H26F3N7O2. The van der Waals surface area contributed by atoms with Gasteiger partial charge >= 0.3 is 6.18 Å². The Morgan fingerprint density at radius 2 is 2.05 bits per heavy atom. The average molecular weight is 514 g/mol. The van der Waals surface area contributed by atoms with E-state index in [1.54, 1.807) is 36.0 Å². The highest BCUT2D eigenvalue weighted by Gasteiger charge is 2.46. The summed E-state index contributed by atoms with van der Waals surface area (Å²) >= 11 is 0. The maximum absolute atomic E-state index is 13.5. The zero-order chi connectivity index (χ0) is 26.3. The van der Waals surface area contributed by atoms with Gasteiger partial charge in [0.25, 0.3) is 5.91 Å². The van der Waals surface area contributed by atoms with Gasteiger partial charge < -0.3 is 19.5 Å². The number of aromatic nitrogens is 5. The molecule has 0 radical (unpaired) electrons. The molecule has 0 spiro atoms. The highest BCUT2D eigenvalue weighted by molar-refractivity contribution is 5.99. The minimum atomic E-state index is -4.31. The van der Waals surface area contributed by atoms with Crippen molar-refractivity contribution >= 4 is 22.8 Å². The second kappa shape index (κ2) is 9.41. The maximum atomic E-state index is 13.5. The van der Waals surface area contributed by atoms with E-state index in [1.165, 1.54) is 18.2 Å². The van der Waals surface area contributed by atoms with Gasteiger partial charge in [-0.1, -0.05) is 0 Å². The van der Waals surface area contributed by atoms with Crippen LogP contribution < -0.4 is 15.0 Å². The third kappa shape index (κ3) is 4.58. The van der Waals surface area contributed by atoms with Crippen LogP contribution in [0.4, 0.5) is 19.0 Å². The van der Waals surface area contributed by atoms with Crippen molar-refractivity contribution in [1.82, 2.24) is 29.6 Å². The van der Waals surface area contributed by atoms with Crippen LogP contribution in [0.15, 0.2) is 42.7 Å². The number of halogens is 3. The van der Waals surface area contributed by atoms with Crippen LogP contribution in [-0.4, -0.2) is 63.1 Å². The predicted octanol–water partition coefficient (Wildman–Crippen LogP) is 3.78.